The van der Waals surface area contributed by atoms with Crippen molar-refractivity contribution in [3.8, 4) is 0 Å². The summed E-state index contributed by atoms with van der Waals surface area (Å²) in [5.74, 6) is -1.04. The van der Waals surface area contributed by atoms with Crippen LogP contribution in [-0.4, -0.2) is 37.2 Å². The van der Waals surface area contributed by atoms with E-state index in [1.165, 1.54) is 122 Å². The van der Waals surface area contributed by atoms with Crippen molar-refractivity contribution < 1.29 is 28.6 Å². The highest BCUT2D eigenvalue weighted by molar-refractivity contribution is 5.71. The Hall–Kier alpha value is -3.67. The first-order chi connectivity index (χ1) is 33.5. The van der Waals surface area contributed by atoms with Gasteiger partial charge in [0, 0.05) is 19.3 Å². The molecule has 0 radical (unpaired) electrons. The zero-order chi connectivity index (χ0) is 49.3. The smallest absolute Gasteiger partial charge is 0.306 e. The Bertz CT molecular complexity index is 1360. The maximum atomic E-state index is 12.8. The van der Waals surface area contributed by atoms with Gasteiger partial charge in [0.05, 0.1) is 0 Å². The highest BCUT2D eigenvalue weighted by Gasteiger charge is 2.19. The fraction of sp³-hybridized carbons (Fsp3) is 0.694. The average molecular weight is 946 g/mol. The standard InChI is InChI=1S/C62H104O6/c1-4-7-10-13-16-19-22-25-27-28-29-30-31-32-33-35-37-40-43-46-49-52-55-61(64)67-58-59(57-66-60(63)54-51-48-45-42-39-36-24-21-18-15-12-9-6-3)68-62(65)56-53-50-47-44-41-38-34-26-23-20-17-14-11-8-5-2/h8-9,11-12,17-18,20-21,26,34,36,39,41,44-45,48,59H,4-7,10,13-16,19,22-25,27-33,35,37-38,40,42-43,46-47,49-58H2,1-3H3/b11-8-,12-9-,20-17-,21-18-,34-26-,39-36-,44-41-,48-45-. The first-order valence-electron chi connectivity index (χ1n) is 28.2. The summed E-state index contributed by atoms with van der Waals surface area (Å²) in [6.07, 6.45) is 74.3. The van der Waals surface area contributed by atoms with Crippen LogP contribution in [-0.2, 0) is 28.6 Å². The summed E-state index contributed by atoms with van der Waals surface area (Å²) in [6.45, 7) is 6.32. The van der Waals surface area contributed by atoms with Crippen molar-refractivity contribution in [2.24, 2.45) is 0 Å². The van der Waals surface area contributed by atoms with E-state index in [1.54, 1.807) is 0 Å². The Balaban J connectivity index is 4.40. The third kappa shape index (κ3) is 53.3. The van der Waals surface area contributed by atoms with Gasteiger partial charge in [-0.1, -0.05) is 253 Å². The minimum atomic E-state index is -0.827. The summed E-state index contributed by atoms with van der Waals surface area (Å²) in [7, 11) is 0. The molecular weight excluding hydrogens is 841 g/mol. The van der Waals surface area contributed by atoms with E-state index >= 15 is 0 Å². The Labute approximate surface area is 419 Å². The van der Waals surface area contributed by atoms with Gasteiger partial charge in [-0.3, -0.25) is 14.4 Å². The SMILES string of the molecule is CC/C=C\C/C=C\C/C=C\C/C=C\CCCCC(=O)OC(COC(=O)CC/C=C\C/C=C\C/C=C\C/C=C\CC)COC(=O)CCCCCCCCCCCCCCCCCCCCCCCC. The van der Waals surface area contributed by atoms with Gasteiger partial charge in [-0.2, -0.15) is 0 Å². The molecule has 0 N–H and O–H groups in total. The molecule has 0 spiro atoms. The molecule has 0 aliphatic carbocycles. The number of esters is 3. The first kappa shape index (κ1) is 64.3. The molecule has 0 saturated carbocycles. The number of carbonyl (C=O) groups excluding carboxylic acids is 3. The van der Waals surface area contributed by atoms with Gasteiger partial charge < -0.3 is 14.2 Å². The molecule has 6 nitrogen and oxygen atoms in total. The molecule has 0 amide bonds. The summed E-state index contributed by atoms with van der Waals surface area (Å²) < 4.78 is 16.7. The maximum Gasteiger partial charge on any atom is 0.306 e. The number of unbranched alkanes of at least 4 members (excludes halogenated alkanes) is 23. The van der Waals surface area contributed by atoms with Crippen molar-refractivity contribution in [1.29, 1.82) is 0 Å². The van der Waals surface area contributed by atoms with Crippen molar-refractivity contribution in [2.75, 3.05) is 13.2 Å². The number of allylic oxidation sites excluding steroid dienone is 16. The van der Waals surface area contributed by atoms with Crippen LogP contribution in [0, 0.1) is 0 Å². The van der Waals surface area contributed by atoms with Crippen molar-refractivity contribution in [2.45, 2.75) is 264 Å². The Morgan fingerprint density at radius 1 is 0.309 bits per heavy atom. The van der Waals surface area contributed by atoms with Gasteiger partial charge in [0.25, 0.3) is 0 Å². The summed E-state index contributed by atoms with van der Waals surface area (Å²) in [4.78, 5) is 38.0. The van der Waals surface area contributed by atoms with Gasteiger partial charge in [0.2, 0.25) is 0 Å². The van der Waals surface area contributed by atoms with Gasteiger partial charge in [-0.15, -0.1) is 0 Å². The number of hydrogen-bond acceptors (Lipinski definition) is 6. The van der Waals surface area contributed by atoms with Crippen LogP contribution in [0.2, 0.25) is 0 Å². The second-order valence-corrected chi connectivity index (χ2v) is 18.4. The van der Waals surface area contributed by atoms with E-state index in [0.717, 1.165) is 83.5 Å². The number of rotatable bonds is 50. The van der Waals surface area contributed by atoms with E-state index in [4.69, 9.17) is 14.2 Å². The molecule has 0 aliphatic rings. The number of carbonyl (C=O) groups is 3. The van der Waals surface area contributed by atoms with Crippen LogP contribution in [0.15, 0.2) is 97.2 Å². The van der Waals surface area contributed by atoms with E-state index in [1.807, 2.05) is 12.2 Å². The molecule has 0 heterocycles. The summed E-state index contributed by atoms with van der Waals surface area (Å²) >= 11 is 0. The van der Waals surface area contributed by atoms with Crippen LogP contribution >= 0.6 is 0 Å². The fourth-order valence-corrected chi connectivity index (χ4v) is 7.68. The third-order valence-electron chi connectivity index (χ3n) is 11.8. The zero-order valence-corrected chi connectivity index (χ0v) is 44.3. The minimum Gasteiger partial charge on any atom is -0.462 e. The minimum absolute atomic E-state index is 0.115. The summed E-state index contributed by atoms with van der Waals surface area (Å²) in [5.41, 5.74) is 0. The van der Waals surface area contributed by atoms with Gasteiger partial charge >= 0.3 is 17.9 Å². The van der Waals surface area contributed by atoms with Crippen LogP contribution in [0.5, 0.6) is 0 Å². The zero-order valence-electron chi connectivity index (χ0n) is 44.3. The lowest BCUT2D eigenvalue weighted by molar-refractivity contribution is -0.166. The molecule has 0 aromatic heterocycles. The van der Waals surface area contributed by atoms with Crippen LogP contribution < -0.4 is 0 Å². The van der Waals surface area contributed by atoms with E-state index in [0.29, 0.717) is 19.3 Å². The number of hydrogen-bond donors (Lipinski definition) is 0. The molecule has 0 saturated heterocycles. The lowest BCUT2D eigenvalue weighted by atomic mass is 10.0. The highest BCUT2D eigenvalue weighted by atomic mass is 16.6. The molecule has 6 heteroatoms. The molecule has 0 aliphatic heterocycles. The topological polar surface area (TPSA) is 78.9 Å². The van der Waals surface area contributed by atoms with E-state index < -0.39 is 6.10 Å². The van der Waals surface area contributed by atoms with Gasteiger partial charge in [-0.05, 0) is 83.5 Å². The quantitative estimate of drug-likeness (QED) is 0.0262. The van der Waals surface area contributed by atoms with Crippen LogP contribution in [0.3, 0.4) is 0 Å². The molecule has 0 fully saturated rings. The molecule has 68 heavy (non-hydrogen) atoms. The summed E-state index contributed by atoms with van der Waals surface area (Å²) in [5, 5.41) is 0. The Morgan fingerprint density at radius 2 is 0.603 bits per heavy atom. The molecule has 1 atom stereocenters. The van der Waals surface area contributed by atoms with Gasteiger partial charge in [-0.25, -0.2) is 0 Å². The predicted molar refractivity (Wildman–Crippen MR) is 293 cm³/mol. The van der Waals surface area contributed by atoms with Crippen molar-refractivity contribution in [1.82, 2.24) is 0 Å². The van der Waals surface area contributed by atoms with E-state index in [2.05, 4.69) is 106 Å². The lowest BCUT2D eigenvalue weighted by Gasteiger charge is -2.18. The normalized spacial score (nSPS) is 12.8. The van der Waals surface area contributed by atoms with Gasteiger partial charge in [0.15, 0.2) is 6.10 Å². The van der Waals surface area contributed by atoms with E-state index in [9.17, 15) is 14.4 Å². The predicted octanol–water partition coefficient (Wildman–Crippen LogP) is 18.9. The van der Waals surface area contributed by atoms with Crippen molar-refractivity contribution in [3.63, 3.8) is 0 Å². The monoisotopic (exact) mass is 945 g/mol. The lowest BCUT2D eigenvalue weighted by Crippen LogP contribution is -2.30. The first-order valence-corrected chi connectivity index (χ1v) is 28.2. The molecule has 0 aromatic carbocycles. The molecular formula is C62H104O6. The van der Waals surface area contributed by atoms with Crippen LogP contribution in [0.25, 0.3) is 0 Å². The maximum absolute atomic E-state index is 12.8. The largest absolute Gasteiger partial charge is 0.462 e. The number of ether oxygens (including phenoxy) is 3. The van der Waals surface area contributed by atoms with Crippen LogP contribution in [0.1, 0.15) is 258 Å². The molecule has 0 rings (SSSR count). The third-order valence-corrected chi connectivity index (χ3v) is 11.8. The van der Waals surface area contributed by atoms with Crippen molar-refractivity contribution in [3.05, 3.63) is 97.2 Å². The fourth-order valence-electron chi connectivity index (χ4n) is 7.68. The molecule has 388 valence electrons. The average Bonchev–Trinajstić information content (AvgIpc) is 3.34. The Kier molecular flexibility index (Phi) is 52.9. The summed E-state index contributed by atoms with van der Waals surface area (Å²) in [6, 6.07) is 0. The molecule has 1 unspecified atom stereocenters. The highest BCUT2D eigenvalue weighted by Crippen LogP contribution is 2.16. The van der Waals surface area contributed by atoms with E-state index in [-0.39, 0.29) is 44.0 Å². The Morgan fingerprint density at radius 3 is 0.985 bits per heavy atom. The molecule has 0 aromatic rings. The van der Waals surface area contributed by atoms with Crippen LogP contribution in [0.4, 0.5) is 0 Å². The second kappa shape index (κ2) is 55.9. The van der Waals surface area contributed by atoms with Gasteiger partial charge in [0.1, 0.15) is 13.2 Å². The second-order valence-electron chi connectivity index (χ2n) is 18.4. The molecule has 0 bridgehead atoms. The van der Waals surface area contributed by atoms with Crippen molar-refractivity contribution >= 4 is 17.9 Å².